The highest BCUT2D eigenvalue weighted by Gasteiger charge is 2.36. The van der Waals surface area contributed by atoms with Crippen LogP contribution in [0.25, 0.3) is 0 Å². The lowest BCUT2D eigenvalue weighted by Gasteiger charge is -2.31. The molecule has 1 aliphatic heterocycles. The minimum absolute atomic E-state index is 0.0774. The highest BCUT2D eigenvalue weighted by Crippen LogP contribution is 2.10. The molecule has 2 rings (SSSR count). The third-order valence-electron chi connectivity index (χ3n) is 3.68. The zero-order valence-electron chi connectivity index (χ0n) is 12.3. The average molecular weight is 313 g/mol. The second-order valence-corrected chi connectivity index (χ2v) is 5.15. The molecule has 1 heterocycles. The fourth-order valence-electron chi connectivity index (χ4n) is 2.59. The zero-order valence-corrected chi connectivity index (χ0v) is 12.3. The van der Waals surface area contributed by atoms with Crippen LogP contribution < -0.4 is 10.2 Å². The molecule has 7 heteroatoms. The standard InChI is InChI=1S/C15H18F2N2O3/c1-2-22-13(20)8-12-15(21)18-6-7-19(12)9-10-4-3-5-11(16)14(10)17/h3-5,12H,2,6-9H2,1H3,(H,18,21)/p+1. The van der Waals surface area contributed by atoms with E-state index >= 15 is 0 Å². The Morgan fingerprint density at radius 1 is 1.45 bits per heavy atom. The van der Waals surface area contributed by atoms with E-state index in [1.807, 2.05) is 0 Å². The van der Waals surface area contributed by atoms with Crippen molar-refractivity contribution in [3.63, 3.8) is 0 Å². The molecule has 1 aromatic rings. The highest BCUT2D eigenvalue weighted by atomic mass is 19.2. The maximum atomic E-state index is 13.8. The van der Waals surface area contributed by atoms with E-state index in [0.717, 1.165) is 11.0 Å². The average Bonchev–Trinajstić information content (AvgIpc) is 2.48. The van der Waals surface area contributed by atoms with Crippen molar-refractivity contribution in [1.82, 2.24) is 5.32 Å². The Hall–Kier alpha value is -2.02. The minimum Gasteiger partial charge on any atom is -0.466 e. The van der Waals surface area contributed by atoms with Crippen molar-refractivity contribution < 1.29 is 28.0 Å². The van der Waals surface area contributed by atoms with Crippen LogP contribution in [0.3, 0.4) is 0 Å². The van der Waals surface area contributed by atoms with Gasteiger partial charge >= 0.3 is 5.97 Å². The Kier molecular flexibility index (Phi) is 5.43. The molecule has 120 valence electrons. The molecule has 22 heavy (non-hydrogen) atoms. The first-order valence-electron chi connectivity index (χ1n) is 7.23. The molecule has 0 aromatic heterocycles. The summed E-state index contributed by atoms with van der Waals surface area (Å²) in [5.41, 5.74) is 0.193. The molecule has 1 aliphatic rings. The van der Waals surface area contributed by atoms with Gasteiger partial charge in [0.1, 0.15) is 13.0 Å². The molecule has 0 spiro atoms. The predicted molar refractivity (Wildman–Crippen MR) is 73.9 cm³/mol. The van der Waals surface area contributed by atoms with Crippen LogP contribution in [0.2, 0.25) is 0 Å². The Morgan fingerprint density at radius 2 is 2.23 bits per heavy atom. The van der Waals surface area contributed by atoms with E-state index in [9.17, 15) is 18.4 Å². The number of esters is 1. The third kappa shape index (κ3) is 3.79. The summed E-state index contributed by atoms with van der Waals surface area (Å²) in [4.78, 5) is 24.3. The van der Waals surface area contributed by atoms with Gasteiger partial charge in [0.2, 0.25) is 0 Å². The van der Waals surface area contributed by atoms with Crippen molar-refractivity contribution in [3.05, 3.63) is 35.4 Å². The Morgan fingerprint density at radius 3 is 2.95 bits per heavy atom. The van der Waals surface area contributed by atoms with Crippen LogP contribution in [-0.2, 0) is 20.9 Å². The van der Waals surface area contributed by atoms with Crippen molar-refractivity contribution in [1.29, 1.82) is 0 Å². The Balaban J connectivity index is 2.13. The number of halogens is 2. The molecule has 1 fully saturated rings. The summed E-state index contributed by atoms with van der Waals surface area (Å²) in [5.74, 6) is -2.57. The van der Waals surface area contributed by atoms with Gasteiger partial charge in [0.15, 0.2) is 17.7 Å². The van der Waals surface area contributed by atoms with Gasteiger partial charge in [0.25, 0.3) is 5.91 Å². The number of nitrogens with one attached hydrogen (secondary N) is 2. The van der Waals surface area contributed by atoms with E-state index in [0.29, 0.717) is 13.1 Å². The fraction of sp³-hybridized carbons (Fsp3) is 0.467. The van der Waals surface area contributed by atoms with Crippen LogP contribution >= 0.6 is 0 Å². The van der Waals surface area contributed by atoms with Crippen LogP contribution in [0.15, 0.2) is 18.2 Å². The summed E-state index contributed by atoms with van der Waals surface area (Å²) >= 11 is 0. The molecule has 1 aromatic carbocycles. The van der Waals surface area contributed by atoms with Crippen molar-refractivity contribution >= 4 is 11.9 Å². The van der Waals surface area contributed by atoms with Crippen LogP contribution in [-0.4, -0.2) is 37.6 Å². The number of rotatable bonds is 5. The normalized spacial score (nSPS) is 21.3. The molecule has 0 radical (unpaired) electrons. The molecule has 5 nitrogen and oxygen atoms in total. The third-order valence-corrected chi connectivity index (χ3v) is 3.68. The van der Waals surface area contributed by atoms with E-state index in [-0.39, 0.29) is 31.0 Å². The van der Waals surface area contributed by atoms with E-state index in [2.05, 4.69) is 5.32 Å². The second-order valence-electron chi connectivity index (χ2n) is 5.15. The van der Waals surface area contributed by atoms with Crippen LogP contribution in [0.5, 0.6) is 0 Å². The van der Waals surface area contributed by atoms with Crippen molar-refractivity contribution in [2.75, 3.05) is 19.7 Å². The summed E-state index contributed by atoms with van der Waals surface area (Å²) in [6.07, 6.45) is -0.0774. The summed E-state index contributed by atoms with van der Waals surface area (Å²) in [7, 11) is 0. The largest absolute Gasteiger partial charge is 0.466 e. The SMILES string of the molecule is CCOC(=O)CC1C(=O)NCC[NH+]1Cc1cccc(F)c1F. The molecule has 0 aliphatic carbocycles. The monoisotopic (exact) mass is 313 g/mol. The van der Waals surface area contributed by atoms with Crippen molar-refractivity contribution in [2.24, 2.45) is 0 Å². The molecule has 0 bridgehead atoms. The summed E-state index contributed by atoms with van der Waals surface area (Å²) in [6, 6.07) is 3.31. The minimum atomic E-state index is -0.916. The zero-order chi connectivity index (χ0) is 16.1. The number of benzene rings is 1. The van der Waals surface area contributed by atoms with Gasteiger partial charge in [-0.2, -0.15) is 0 Å². The Labute approximate surface area is 127 Å². The lowest BCUT2D eigenvalue weighted by Crippen LogP contribution is -3.18. The number of hydrogen-bond donors (Lipinski definition) is 2. The van der Waals surface area contributed by atoms with Gasteiger partial charge < -0.3 is 15.0 Å². The van der Waals surface area contributed by atoms with Gasteiger partial charge in [-0.3, -0.25) is 9.59 Å². The lowest BCUT2D eigenvalue weighted by atomic mass is 10.1. The van der Waals surface area contributed by atoms with E-state index in [4.69, 9.17) is 4.74 Å². The summed E-state index contributed by atoms with van der Waals surface area (Å²) < 4.78 is 31.9. The number of quaternary nitrogens is 1. The quantitative estimate of drug-likeness (QED) is 0.740. The van der Waals surface area contributed by atoms with Gasteiger partial charge in [-0.1, -0.05) is 12.1 Å². The van der Waals surface area contributed by atoms with Crippen LogP contribution in [0, 0.1) is 11.6 Å². The molecule has 1 saturated heterocycles. The molecule has 0 saturated carbocycles. The first-order chi connectivity index (χ1) is 10.5. The summed E-state index contributed by atoms with van der Waals surface area (Å²) in [6.45, 7) is 3.03. The number of amides is 1. The van der Waals surface area contributed by atoms with Gasteiger partial charge in [0, 0.05) is 5.56 Å². The fourth-order valence-corrected chi connectivity index (χ4v) is 2.59. The first kappa shape index (κ1) is 16.4. The lowest BCUT2D eigenvalue weighted by molar-refractivity contribution is -0.930. The van der Waals surface area contributed by atoms with Gasteiger partial charge in [0.05, 0.1) is 19.7 Å². The predicted octanol–water partition coefficient (Wildman–Crippen LogP) is -0.199. The topological polar surface area (TPSA) is 59.8 Å². The summed E-state index contributed by atoms with van der Waals surface area (Å²) in [5, 5.41) is 2.69. The van der Waals surface area contributed by atoms with Crippen LogP contribution in [0.1, 0.15) is 18.9 Å². The molecular formula is C15H19F2N2O3+. The molecular weight excluding hydrogens is 294 g/mol. The van der Waals surface area contributed by atoms with E-state index < -0.39 is 23.6 Å². The first-order valence-corrected chi connectivity index (χ1v) is 7.23. The molecule has 2 N–H and O–H groups in total. The van der Waals surface area contributed by atoms with E-state index in [1.165, 1.54) is 12.1 Å². The van der Waals surface area contributed by atoms with Gasteiger partial charge in [-0.25, -0.2) is 8.78 Å². The smallest absolute Gasteiger partial charge is 0.312 e. The van der Waals surface area contributed by atoms with Gasteiger partial charge in [-0.05, 0) is 13.0 Å². The second kappa shape index (κ2) is 7.31. The maximum absolute atomic E-state index is 13.8. The molecule has 1 amide bonds. The van der Waals surface area contributed by atoms with Crippen LogP contribution in [0.4, 0.5) is 8.78 Å². The molecule has 2 atom stereocenters. The number of carbonyl (C=O) groups excluding carboxylic acids is 2. The maximum Gasteiger partial charge on any atom is 0.312 e. The number of ether oxygens (including phenoxy) is 1. The van der Waals surface area contributed by atoms with Crippen molar-refractivity contribution in [2.45, 2.75) is 25.9 Å². The van der Waals surface area contributed by atoms with E-state index in [1.54, 1.807) is 6.92 Å². The number of hydrogen-bond acceptors (Lipinski definition) is 3. The molecule has 2 unspecified atom stereocenters. The van der Waals surface area contributed by atoms with Crippen molar-refractivity contribution in [3.8, 4) is 0 Å². The number of piperazine rings is 1. The Bertz CT molecular complexity index is 566. The highest BCUT2D eigenvalue weighted by molar-refractivity contribution is 5.85. The van der Waals surface area contributed by atoms with Gasteiger partial charge in [-0.15, -0.1) is 0 Å². The number of carbonyl (C=O) groups is 2.